The molecule has 3 fully saturated rings. The van der Waals surface area contributed by atoms with Gasteiger partial charge in [0.15, 0.2) is 5.82 Å². The van der Waals surface area contributed by atoms with Gasteiger partial charge < -0.3 is 35.1 Å². The van der Waals surface area contributed by atoms with Crippen LogP contribution in [0.2, 0.25) is 0 Å². The van der Waals surface area contributed by atoms with E-state index >= 15 is 0 Å². The molecule has 0 radical (unpaired) electrons. The van der Waals surface area contributed by atoms with Crippen molar-refractivity contribution in [1.82, 2.24) is 29.8 Å². The van der Waals surface area contributed by atoms with Crippen LogP contribution < -0.4 is 10.6 Å². The van der Waals surface area contributed by atoms with Gasteiger partial charge in [0.25, 0.3) is 5.91 Å². The van der Waals surface area contributed by atoms with Crippen molar-refractivity contribution in [3.63, 3.8) is 0 Å². The lowest BCUT2D eigenvalue weighted by Crippen LogP contribution is -2.61. The summed E-state index contributed by atoms with van der Waals surface area (Å²) in [5.41, 5.74) is -5.34. The number of aromatic nitrogens is 2. The molecular formula is C31H36F2N7O8PS. The smallest absolute Gasteiger partial charge is 0.340 e. The Balaban J connectivity index is 1.20. The molecule has 50 heavy (non-hydrogen) atoms. The van der Waals surface area contributed by atoms with Crippen LogP contribution in [-0.4, -0.2) is 108 Å². The molecule has 3 saturated heterocycles. The number of carbonyl (C=O) groups excluding carboxylic acids is 5. The molecule has 5 heterocycles. The van der Waals surface area contributed by atoms with Crippen LogP contribution in [0.4, 0.5) is 14.6 Å². The Labute approximate surface area is 288 Å². The number of benzene rings is 1. The topological polar surface area (TPSA) is 194 Å². The first-order chi connectivity index (χ1) is 23.5. The first-order valence-corrected chi connectivity index (χ1v) is 18.4. The van der Waals surface area contributed by atoms with Gasteiger partial charge in [0.2, 0.25) is 23.6 Å². The molecule has 4 N–H and O–H groups in total. The van der Waals surface area contributed by atoms with Crippen LogP contribution in [0.25, 0.3) is 10.1 Å². The predicted octanol–water partition coefficient (Wildman–Crippen LogP) is 2.47. The Morgan fingerprint density at radius 1 is 0.980 bits per heavy atom. The third-order valence-electron chi connectivity index (χ3n) is 9.44. The van der Waals surface area contributed by atoms with Gasteiger partial charge >= 0.3 is 13.3 Å². The fourth-order valence-corrected chi connectivity index (χ4v) is 8.33. The minimum atomic E-state index is -5.81. The Bertz CT molecular complexity index is 1910. The number of likely N-dealkylation sites (tertiary alicyclic amines) is 1. The average Bonchev–Trinajstić information content (AvgIpc) is 3.85. The summed E-state index contributed by atoms with van der Waals surface area (Å²) < 4.78 is 42.2. The number of fused-ring (bicyclic) bond motifs is 2. The maximum Gasteiger partial charge on any atom is 0.399 e. The summed E-state index contributed by atoms with van der Waals surface area (Å²) in [6.45, 7) is 3.70. The molecule has 15 nitrogen and oxygen atoms in total. The minimum Gasteiger partial charge on any atom is -0.340 e. The second kappa shape index (κ2) is 13.5. The van der Waals surface area contributed by atoms with E-state index in [4.69, 9.17) is 9.79 Å². The lowest BCUT2D eigenvalue weighted by atomic mass is 10.1. The standard InChI is InChI=1S/C31H36F2N7O8PS/c1-17(41)34-27-9-12-39(36-27)22-8-11-38(15-22)30(45)24-5-4-21-7-10-37(18(2)42)16-23(29(44)40(21)24)35-28(43)26-14-19-13-20(3-6-25(19)50-26)31(32,33)49(46,47)48/h3,6,9,12-14,21-24H,4-5,7-8,10-11,15-16H2,1-2H3,(H,35,43)(H,34,36,41)(H2,46,47,48)/t21-,22?,23+,24+/m1/s1. The summed E-state index contributed by atoms with van der Waals surface area (Å²) in [6, 6.07) is 3.52. The highest BCUT2D eigenvalue weighted by Crippen LogP contribution is 2.59. The maximum atomic E-state index is 14.4. The number of carbonyl (C=O) groups is 5. The van der Waals surface area contributed by atoms with Crippen LogP contribution in [0.1, 0.15) is 60.8 Å². The van der Waals surface area contributed by atoms with Gasteiger partial charge in [0, 0.05) is 68.6 Å². The number of nitrogens with one attached hydrogen (secondary N) is 2. The molecule has 19 heteroatoms. The fraction of sp³-hybridized carbons (Fsp3) is 0.484. The van der Waals surface area contributed by atoms with Gasteiger partial charge in [0.1, 0.15) is 12.1 Å². The molecule has 6 rings (SSSR count). The third-order valence-corrected chi connectivity index (χ3v) is 11.5. The van der Waals surface area contributed by atoms with Gasteiger partial charge in [-0.1, -0.05) is 6.07 Å². The predicted molar refractivity (Wildman–Crippen MR) is 176 cm³/mol. The van der Waals surface area contributed by atoms with E-state index in [1.165, 1.54) is 30.9 Å². The molecule has 3 aromatic rings. The van der Waals surface area contributed by atoms with Gasteiger partial charge in [-0.15, -0.1) is 11.3 Å². The summed E-state index contributed by atoms with van der Waals surface area (Å²) >= 11 is 0.938. The van der Waals surface area contributed by atoms with E-state index in [9.17, 15) is 37.3 Å². The molecule has 268 valence electrons. The number of rotatable bonds is 7. The zero-order valence-electron chi connectivity index (χ0n) is 27.1. The summed E-state index contributed by atoms with van der Waals surface area (Å²) in [5, 5.41) is 9.87. The summed E-state index contributed by atoms with van der Waals surface area (Å²) in [7, 11) is -5.81. The molecule has 3 aliphatic rings. The van der Waals surface area contributed by atoms with Crippen molar-refractivity contribution < 1.29 is 47.1 Å². The van der Waals surface area contributed by atoms with Crippen molar-refractivity contribution in [3.8, 4) is 0 Å². The molecular weight excluding hydrogens is 699 g/mol. The van der Waals surface area contributed by atoms with Crippen LogP contribution >= 0.6 is 18.9 Å². The maximum absolute atomic E-state index is 14.4. The lowest BCUT2D eigenvalue weighted by molar-refractivity contribution is -0.148. The van der Waals surface area contributed by atoms with E-state index in [1.807, 2.05) is 0 Å². The first kappa shape index (κ1) is 35.6. The summed E-state index contributed by atoms with van der Waals surface area (Å²) in [6.07, 6.45) is 3.75. The monoisotopic (exact) mass is 735 g/mol. The normalized spacial score (nSPS) is 23.1. The van der Waals surface area contributed by atoms with Gasteiger partial charge in [-0.2, -0.15) is 13.9 Å². The molecule has 3 aliphatic heterocycles. The van der Waals surface area contributed by atoms with E-state index in [1.54, 1.807) is 26.7 Å². The molecule has 5 amide bonds. The highest BCUT2D eigenvalue weighted by Gasteiger charge is 2.51. The van der Waals surface area contributed by atoms with Gasteiger partial charge in [-0.25, -0.2) is 0 Å². The molecule has 0 bridgehead atoms. The number of nitrogens with zero attached hydrogens (tertiary/aromatic N) is 5. The fourth-order valence-electron chi connectivity index (χ4n) is 6.91. The molecule has 0 spiro atoms. The second-order valence-corrected chi connectivity index (χ2v) is 15.5. The highest BCUT2D eigenvalue weighted by atomic mass is 32.1. The van der Waals surface area contributed by atoms with Gasteiger partial charge in [-0.05, 0) is 49.3 Å². The number of anilines is 1. The van der Waals surface area contributed by atoms with Crippen molar-refractivity contribution in [2.75, 3.05) is 31.5 Å². The minimum absolute atomic E-state index is 0.0508. The lowest BCUT2D eigenvalue weighted by Gasteiger charge is -2.39. The molecule has 0 aliphatic carbocycles. The van der Waals surface area contributed by atoms with E-state index in [2.05, 4.69) is 15.7 Å². The van der Waals surface area contributed by atoms with Crippen LogP contribution in [0.15, 0.2) is 36.5 Å². The summed E-state index contributed by atoms with van der Waals surface area (Å²) in [4.78, 5) is 88.7. The van der Waals surface area contributed by atoms with Crippen molar-refractivity contribution in [2.45, 2.75) is 69.4 Å². The molecule has 1 aromatic carbocycles. The number of hydrogen-bond acceptors (Lipinski definition) is 8. The molecule has 4 atom stereocenters. The number of thiophene rings is 1. The second-order valence-electron chi connectivity index (χ2n) is 12.8. The quantitative estimate of drug-likeness (QED) is 0.264. The molecule has 1 unspecified atom stereocenters. The molecule has 0 saturated carbocycles. The Morgan fingerprint density at radius 3 is 2.40 bits per heavy atom. The van der Waals surface area contributed by atoms with Crippen LogP contribution in [-0.2, 0) is 29.4 Å². The van der Waals surface area contributed by atoms with Gasteiger partial charge in [0.05, 0.1) is 10.9 Å². The SMILES string of the molecule is CC(=O)Nc1ccn(C2CCN(C(=O)[C@@H]3CC[C@@H]4CCN(C(C)=O)C[C@H](NC(=O)c5cc6cc(C(F)(F)P(=O)(O)O)ccc6s5)C(=O)N43)C2)n1. The molecule has 2 aromatic heterocycles. The third kappa shape index (κ3) is 6.89. The van der Waals surface area contributed by atoms with E-state index in [0.29, 0.717) is 55.8 Å². The first-order valence-electron chi connectivity index (χ1n) is 16.0. The van der Waals surface area contributed by atoms with Crippen molar-refractivity contribution >= 4 is 64.4 Å². The number of hydrogen-bond donors (Lipinski definition) is 4. The highest BCUT2D eigenvalue weighted by molar-refractivity contribution is 7.52. The van der Waals surface area contributed by atoms with Crippen LogP contribution in [0, 0.1) is 0 Å². The Kier molecular flexibility index (Phi) is 9.58. The number of halogens is 2. The summed E-state index contributed by atoms with van der Waals surface area (Å²) in [5.74, 6) is -1.59. The van der Waals surface area contributed by atoms with E-state index in [-0.39, 0.29) is 46.6 Å². The van der Waals surface area contributed by atoms with E-state index in [0.717, 1.165) is 23.5 Å². The van der Waals surface area contributed by atoms with Crippen molar-refractivity contribution in [2.24, 2.45) is 0 Å². The average molecular weight is 736 g/mol. The van der Waals surface area contributed by atoms with Crippen LogP contribution in [0.3, 0.4) is 0 Å². The van der Waals surface area contributed by atoms with Crippen LogP contribution in [0.5, 0.6) is 0 Å². The van der Waals surface area contributed by atoms with E-state index < -0.39 is 42.7 Å². The zero-order valence-corrected chi connectivity index (χ0v) is 28.8. The van der Waals surface area contributed by atoms with Crippen molar-refractivity contribution in [3.05, 3.63) is 47.0 Å². The zero-order chi connectivity index (χ0) is 36.1. The Hall–Kier alpha value is -4.25. The van der Waals surface area contributed by atoms with Crippen molar-refractivity contribution in [1.29, 1.82) is 0 Å². The number of amides is 5. The largest absolute Gasteiger partial charge is 0.399 e. The Morgan fingerprint density at radius 2 is 1.70 bits per heavy atom. The van der Waals surface area contributed by atoms with Gasteiger partial charge in [-0.3, -0.25) is 33.2 Å². The number of alkyl halides is 2.